The smallest absolute Gasteiger partial charge is 0.323 e. The van der Waals surface area contributed by atoms with Crippen LogP contribution >= 0.6 is 0 Å². The topological polar surface area (TPSA) is 83.6 Å². The summed E-state index contributed by atoms with van der Waals surface area (Å²) in [4.78, 5) is 23.5. The lowest BCUT2D eigenvalue weighted by molar-refractivity contribution is -0.137. The van der Waals surface area contributed by atoms with E-state index in [-0.39, 0.29) is 12.3 Å². The van der Waals surface area contributed by atoms with Gasteiger partial charge in [0.1, 0.15) is 6.54 Å². The molecule has 1 rings (SSSR count). The molecule has 0 radical (unpaired) electrons. The molecule has 0 bridgehead atoms. The Morgan fingerprint density at radius 2 is 2.38 bits per heavy atom. The van der Waals surface area contributed by atoms with Gasteiger partial charge in [-0.25, -0.2) is 0 Å². The molecule has 0 fully saturated rings. The number of hydrogen-bond donors (Lipinski definition) is 1. The lowest BCUT2D eigenvalue weighted by atomic mass is 10.2. The molecule has 1 amide bonds. The van der Waals surface area contributed by atoms with Crippen LogP contribution in [0.25, 0.3) is 0 Å². The number of carbonyl (C=O) groups excluding carboxylic acids is 1. The number of carbonyl (C=O) groups is 2. The van der Waals surface area contributed by atoms with Crippen LogP contribution in [-0.4, -0.2) is 40.1 Å². The number of amides is 1. The summed E-state index contributed by atoms with van der Waals surface area (Å²) in [6.07, 6.45) is 2.85. The van der Waals surface area contributed by atoms with E-state index in [1.165, 1.54) is 12.3 Å². The summed E-state index contributed by atoms with van der Waals surface area (Å²) in [5, 5.41) is 12.1. The average Bonchev–Trinajstić information content (AvgIpc) is 2.62. The Morgan fingerprint density at radius 1 is 1.69 bits per heavy atom. The van der Waals surface area contributed by atoms with Crippen LogP contribution in [0.4, 0.5) is 0 Å². The van der Waals surface area contributed by atoms with E-state index in [9.17, 15) is 9.59 Å². The fraction of sp³-hybridized carbons (Fsp3) is 0.300. The van der Waals surface area contributed by atoms with E-state index in [1.54, 1.807) is 6.92 Å². The lowest BCUT2D eigenvalue weighted by Gasteiger charge is -2.17. The minimum atomic E-state index is -1.09. The summed E-state index contributed by atoms with van der Waals surface area (Å²) in [6.45, 7) is 4.87. The molecular weight excluding hydrogens is 212 g/mol. The van der Waals surface area contributed by atoms with Crippen molar-refractivity contribution < 1.29 is 19.2 Å². The number of aryl methyl sites for hydroxylation is 1. The van der Waals surface area contributed by atoms with Gasteiger partial charge in [-0.15, -0.1) is 6.58 Å². The summed E-state index contributed by atoms with van der Waals surface area (Å²) in [5.41, 5.74) is 0.574. The van der Waals surface area contributed by atoms with Crippen molar-refractivity contribution in [3.63, 3.8) is 0 Å². The quantitative estimate of drug-likeness (QED) is 0.744. The molecule has 0 spiro atoms. The number of carboxylic acid groups (broad SMARTS) is 1. The number of hydrogen-bond acceptors (Lipinski definition) is 4. The second-order valence-corrected chi connectivity index (χ2v) is 3.21. The highest BCUT2D eigenvalue weighted by Gasteiger charge is 2.22. The highest BCUT2D eigenvalue weighted by molar-refractivity contribution is 5.94. The molecule has 0 saturated carbocycles. The molecule has 0 aliphatic heterocycles. The van der Waals surface area contributed by atoms with Crippen molar-refractivity contribution in [2.24, 2.45) is 0 Å². The SMILES string of the molecule is C=CCN(CC(=O)O)C(=O)c1oncc1C. The van der Waals surface area contributed by atoms with Crippen molar-refractivity contribution in [2.45, 2.75) is 6.92 Å². The third-order valence-electron chi connectivity index (χ3n) is 1.91. The van der Waals surface area contributed by atoms with Gasteiger partial charge in [-0.05, 0) is 6.92 Å². The first-order chi connectivity index (χ1) is 7.56. The molecule has 0 unspecified atom stereocenters. The van der Waals surface area contributed by atoms with Gasteiger partial charge in [-0.3, -0.25) is 9.59 Å². The monoisotopic (exact) mass is 224 g/mol. The molecule has 1 aromatic heterocycles. The van der Waals surface area contributed by atoms with Gasteiger partial charge < -0.3 is 14.5 Å². The van der Waals surface area contributed by atoms with E-state index < -0.39 is 18.4 Å². The normalized spacial score (nSPS) is 9.81. The third kappa shape index (κ3) is 2.69. The second kappa shape index (κ2) is 5.11. The standard InChI is InChI=1S/C10H12N2O4/c1-3-4-12(6-8(13)14)10(15)9-7(2)5-11-16-9/h3,5H,1,4,6H2,2H3,(H,13,14). The highest BCUT2D eigenvalue weighted by atomic mass is 16.5. The van der Waals surface area contributed by atoms with Crippen molar-refractivity contribution in [1.29, 1.82) is 0 Å². The molecule has 16 heavy (non-hydrogen) atoms. The maximum absolute atomic E-state index is 11.8. The Kier molecular flexibility index (Phi) is 3.82. The fourth-order valence-corrected chi connectivity index (χ4v) is 1.18. The maximum Gasteiger partial charge on any atom is 0.323 e. The Labute approximate surface area is 92.1 Å². The van der Waals surface area contributed by atoms with Crippen LogP contribution in [-0.2, 0) is 4.79 Å². The molecule has 6 nitrogen and oxygen atoms in total. The zero-order valence-electron chi connectivity index (χ0n) is 8.84. The first kappa shape index (κ1) is 12.0. The molecular formula is C10H12N2O4. The van der Waals surface area contributed by atoms with E-state index in [0.29, 0.717) is 5.56 Å². The van der Waals surface area contributed by atoms with Gasteiger partial charge in [0.15, 0.2) is 0 Å². The zero-order chi connectivity index (χ0) is 12.1. The van der Waals surface area contributed by atoms with E-state index in [1.807, 2.05) is 0 Å². The predicted octanol–water partition coefficient (Wildman–Crippen LogP) is 0.696. The molecule has 0 aliphatic rings. The Balaban J connectivity index is 2.86. The number of carboxylic acids is 1. The van der Waals surface area contributed by atoms with Crippen LogP contribution in [0.5, 0.6) is 0 Å². The predicted molar refractivity (Wildman–Crippen MR) is 55.0 cm³/mol. The molecule has 0 aliphatic carbocycles. The van der Waals surface area contributed by atoms with Crippen LogP contribution in [0.15, 0.2) is 23.4 Å². The first-order valence-corrected chi connectivity index (χ1v) is 4.59. The van der Waals surface area contributed by atoms with Crippen LogP contribution in [0.2, 0.25) is 0 Å². The second-order valence-electron chi connectivity index (χ2n) is 3.21. The number of aromatic nitrogens is 1. The molecule has 1 aromatic rings. The molecule has 0 saturated heterocycles. The summed E-state index contributed by atoms with van der Waals surface area (Å²) in [6, 6.07) is 0. The summed E-state index contributed by atoms with van der Waals surface area (Å²) >= 11 is 0. The van der Waals surface area contributed by atoms with Crippen LogP contribution in [0.3, 0.4) is 0 Å². The van der Waals surface area contributed by atoms with Crippen molar-refractivity contribution >= 4 is 11.9 Å². The third-order valence-corrected chi connectivity index (χ3v) is 1.91. The summed E-state index contributed by atoms with van der Waals surface area (Å²) in [5.74, 6) is -1.53. The minimum absolute atomic E-state index is 0.0584. The molecule has 86 valence electrons. The number of nitrogens with zero attached hydrogens (tertiary/aromatic N) is 2. The van der Waals surface area contributed by atoms with Crippen LogP contribution in [0, 0.1) is 6.92 Å². The van der Waals surface area contributed by atoms with Gasteiger partial charge >= 0.3 is 5.97 Å². The molecule has 6 heteroatoms. The zero-order valence-corrected chi connectivity index (χ0v) is 8.84. The Morgan fingerprint density at radius 3 is 2.81 bits per heavy atom. The van der Waals surface area contributed by atoms with Gasteiger partial charge in [-0.1, -0.05) is 11.2 Å². The van der Waals surface area contributed by atoms with Gasteiger partial charge in [-0.2, -0.15) is 0 Å². The van der Waals surface area contributed by atoms with E-state index in [2.05, 4.69) is 11.7 Å². The van der Waals surface area contributed by atoms with Gasteiger partial charge in [0, 0.05) is 12.1 Å². The molecule has 0 aromatic carbocycles. The van der Waals surface area contributed by atoms with E-state index >= 15 is 0 Å². The van der Waals surface area contributed by atoms with Crippen molar-refractivity contribution in [1.82, 2.24) is 10.1 Å². The lowest BCUT2D eigenvalue weighted by Crippen LogP contribution is -2.35. The number of rotatable bonds is 5. The first-order valence-electron chi connectivity index (χ1n) is 4.59. The molecule has 1 N–H and O–H groups in total. The summed E-state index contributed by atoms with van der Waals surface area (Å²) in [7, 11) is 0. The van der Waals surface area contributed by atoms with Crippen molar-refractivity contribution in [3.8, 4) is 0 Å². The minimum Gasteiger partial charge on any atom is -0.480 e. The van der Waals surface area contributed by atoms with Crippen molar-refractivity contribution in [3.05, 3.63) is 30.2 Å². The van der Waals surface area contributed by atoms with Gasteiger partial charge in [0.25, 0.3) is 5.91 Å². The maximum atomic E-state index is 11.8. The van der Waals surface area contributed by atoms with Gasteiger partial charge in [0.2, 0.25) is 5.76 Å². The largest absolute Gasteiger partial charge is 0.480 e. The van der Waals surface area contributed by atoms with Crippen molar-refractivity contribution in [2.75, 3.05) is 13.1 Å². The number of aliphatic carboxylic acids is 1. The molecule has 0 atom stereocenters. The van der Waals surface area contributed by atoms with Crippen LogP contribution in [0.1, 0.15) is 16.1 Å². The summed E-state index contributed by atoms with van der Waals surface area (Å²) < 4.78 is 4.77. The Bertz CT molecular complexity index is 411. The van der Waals surface area contributed by atoms with Crippen LogP contribution < -0.4 is 0 Å². The van der Waals surface area contributed by atoms with E-state index in [0.717, 1.165) is 4.90 Å². The highest BCUT2D eigenvalue weighted by Crippen LogP contribution is 2.09. The average molecular weight is 224 g/mol. The fourth-order valence-electron chi connectivity index (χ4n) is 1.18. The Hall–Kier alpha value is -2.11. The van der Waals surface area contributed by atoms with Gasteiger partial charge in [0.05, 0.1) is 6.20 Å². The molecule has 1 heterocycles. The van der Waals surface area contributed by atoms with E-state index in [4.69, 9.17) is 9.63 Å².